The van der Waals surface area contributed by atoms with Crippen LogP contribution < -0.4 is 10.5 Å². The average Bonchev–Trinajstić information content (AvgIpc) is 2.11. The summed E-state index contributed by atoms with van der Waals surface area (Å²) in [4.78, 5) is 10.3. The van der Waals surface area contributed by atoms with Crippen molar-refractivity contribution in [2.24, 2.45) is 5.14 Å². The van der Waals surface area contributed by atoms with Crippen LogP contribution in [0.1, 0.15) is 20.8 Å². The lowest BCUT2D eigenvalue weighted by Crippen LogP contribution is -2.38. The fraction of sp³-hybridized carbons (Fsp3) is 0.667. The number of allylic oxidation sites excluding steroid dienone is 1. The van der Waals surface area contributed by atoms with E-state index in [4.69, 9.17) is 5.14 Å². The molecule has 1 unspecified atom stereocenters. The van der Waals surface area contributed by atoms with Gasteiger partial charge in [0.2, 0.25) is 10.0 Å². The quantitative estimate of drug-likeness (QED) is 0.700. The number of sulfonamides is 1. The first-order valence-corrected chi connectivity index (χ1v) is 6.63. The Kier molecular flexibility index (Phi) is 5.97. The van der Waals surface area contributed by atoms with Crippen molar-refractivity contribution < 1.29 is 31.1 Å². The van der Waals surface area contributed by atoms with Crippen molar-refractivity contribution in [3.05, 3.63) is 11.1 Å². The molecule has 0 saturated heterocycles. The molecule has 0 aliphatic rings. The molecule has 0 heterocycles. The summed E-state index contributed by atoms with van der Waals surface area (Å²) >= 11 is 0. The molecule has 0 aromatic heterocycles. The van der Waals surface area contributed by atoms with Gasteiger partial charge in [0.05, 0.1) is 6.10 Å². The summed E-state index contributed by atoms with van der Waals surface area (Å²) < 4.78 is 61.6. The van der Waals surface area contributed by atoms with Crippen molar-refractivity contribution in [3.63, 3.8) is 0 Å². The third kappa shape index (κ3) is 7.13. The molecule has 0 spiro atoms. The van der Waals surface area contributed by atoms with Gasteiger partial charge < -0.3 is 5.32 Å². The smallest absolute Gasteiger partial charge is 0.385 e. The van der Waals surface area contributed by atoms with Gasteiger partial charge in [-0.1, -0.05) is 0 Å². The van der Waals surface area contributed by atoms with E-state index >= 15 is 0 Å². The van der Waals surface area contributed by atoms with Gasteiger partial charge in [-0.15, -0.1) is 13.2 Å². The van der Waals surface area contributed by atoms with E-state index in [-0.39, 0.29) is 0 Å². The molecule has 0 rings (SSSR count). The monoisotopic (exact) mass is 304 g/mol. The first-order chi connectivity index (χ1) is 8.34. The Hall–Kier alpha value is -1.13. The average molecular weight is 304 g/mol. The molecule has 3 N–H and O–H groups in total. The van der Waals surface area contributed by atoms with Crippen LogP contribution in [-0.2, 0) is 19.6 Å². The normalized spacial score (nSPS) is 16.9. The number of primary sulfonamides is 1. The largest absolute Gasteiger partial charge is 0.522 e. The number of ether oxygens (including phenoxy) is 1. The number of Topliss-reactive ketones (excluding diaryl/α,β-unsaturated/α-hetero) is 1. The van der Waals surface area contributed by atoms with Gasteiger partial charge in [-0.05, 0) is 20.8 Å². The second-order valence-electron chi connectivity index (χ2n) is 3.83. The summed E-state index contributed by atoms with van der Waals surface area (Å²) in [5.74, 6) is -0.827. The molecular weight excluding hydrogens is 289 g/mol. The lowest BCUT2D eigenvalue weighted by atomic mass is 10.2. The van der Waals surface area contributed by atoms with E-state index in [0.717, 1.165) is 20.0 Å². The van der Waals surface area contributed by atoms with Gasteiger partial charge in [-0.2, -0.15) is 0 Å². The van der Waals surface area contributed by atoms with E-state index in [1.165, 1.54) is 6.92 Å². The van der Waals surface area contributed by atoms with Crippen LogP contribution in [0.4, 0.5) is 13.2 Å². The number of halogens is 3. The van der Waals surface area contributed by atoms with Gasteiger partial charge in [0.25, 0.3) is 0 Å². The van der Waals surface area contributed by atoms with E-state index in [2.05, 4.69) is 10.1 Å². The summed E-state index contributed by atoms with van der Waals surface area (Å²) in [6.45, 7) is 3.44. The fourth-order valence-corrected chi connectivity index (χ4v) is 1.67. The first kappa shape index (κ1) is 17.9. The molecule has 0 aromatic carbocycles. The van der Waals surface area contributed by atoms with Crippen LogP contribution in [-0.4, -0.2) is 32.7 Å². The van der Waals surface area contributed by atoms with Gasteiger partial charge in [0.1, 0.15) is 4.91 Å². The van der Waals surface area contributed by atoms with Gasteiger partial charge in [-0.25, -0.2) is 13.6 Å². The summed E-state index contributed by atoms with van der Waals surface area (Å²) in [5.41, 5.74) is 0. The Bertz CT molecular complexity index is 459. The molecule has 10 heteroatoms. The molecule has 0 aliphatic heterocycles. The molecule has 0 radical (unpaired) electrons. The third-order valence-electron chi connectivity index (χ3n) is 2.15. The molecule has 0 amide bonds. The van der Waals surface area contributed by atoms with Gasteiger partial charge in [0.15, 0.2) is 5.78 Å². The number of hydrogen-bond acceptors (Lipinski definition) is 5. The second kappa shape index (κ2) is 6.35. The predicted octanol–water partition coefficient (Wildman–Crippen LogP) is 0.608. The molecule has 19 heavy (non-hydrogen) atoms. The number of alkyl halides is 3. The summed E-state index contributed by atoms with van der Waals surface area (Å²) in [5, 5.41) is 7.10. The highest BCUT2D eigenvalue weighted by atomic mass is 32.2. The number of ketones is 1. The Labute approximate surface area is 108 Å². The van der Waals surface area contributed by atoms with Crippen LogP contribution >= 0.6 is 0 Å². The van der Waals surface area contributed by atoms with Crippen molar-refractivity contribution >= 4 is 15.8 Å². The number of hydrogen-bond donors (Lipinski definition) is 2. The highest BCUT2D eigenvalue weighted by Gasteiger charge is 2.33. The van der Waals surface area contributed by atoms with Crippen molar-refractivity contribution in [1.82, 2.24) is 5.32 Å². The molecule has 0 bridgehead atoms. The van der Waals surface area contributed by atoms with E-state index < -0.39 is 39.2 Å². The third-order valence-corrected chi connectivity index (χ3v) is 3.17. The second-order valence-corrected chi connectivity index (χ2v) is 5.36. The van der Waals surface area contributed by atoms with E-state index in [1.807, 2.05) is 0 Å². The highest BCUT2D eigenvalue weighted by Crippen LogP contribution is 2.20. The molecule has 6 nitrogen and oxygen atoms in total. The van der Waals surface area contributed by atoms with Crippen molar-refractivity contribution in [2.75, 3.05) is 0 Å². The molecular formula is C9H15F3N2O4S. The van der Waals surface area contributed by atoms with Crippen LogP contribution in [0, 0.1) is 0 Å². The van der Waals surface area contributed by atoms with E-state index in [0.29, 0.717) is 0 Å². The van der Waals surface area contributed by atoms with Crippen LogP contribution in [0.15, 0.2) is 11.1 Å². The molecule has 2 atom stereocenters. The van der Waals surface area contributed by atoms with Crippen LogP contribution in [0.5, 0.6) is 0 Å². The number of carbonyl (C=O) groups excluding carboxylic acids is 1. The number of carbonyl (C=O) groups is 1. The zero-order chi connectivity index (χ0) is 15.4. The topological polar surface area (TPSA) is 98.5 Å². The van der Waals surface area contributed by atoms with Crippen LogP contribution in [0.25, 0.3) is 0 Å². The Morgan fingerprint density at radius 2 is 1.84 bits per heavy atom. The lowest BCUT2D eigenvalue weighted by molar-refractivity contribution is -0.342. The minimum Gasteiger partial charge on any atom is -0.385 e. The van der Waals surface area contributed by atoms with E-state index in [1.54, 1.807) is 0 Å². The predicted molar refractivity (Wildman–Crippen MR) is 61.1 cm³/mol. The molecule has 112 valence electrons. The van der Waals surface area contributed by atoms with E-state index in [9.17, 15) is 26.4 Å². The maximum atomic E-state index is 11.9. The van der Waals surface area contributed by atoms with Crippen molar-refractivity contribution in [3.8, 4) is 0 Å². The molecule has 0 aromatic rings. The zero-order valence-electron chi connectivity index (χ0n) is 10.5. The number of nitrogens with one attached hydrogen (secondary N) is 1. The first-order valence-electron chi connectivity index (χ1n) is 5.09. The number of rotatable bonds is 6. The van der Waals surface area contributed by atoms with Gasteiger partial charge in [-0.3, -0.25) is 9.53 Å². The maximum absolute atomic E-state index is 11.9. The van der Waals surface area contributed by atoms with Crippen molar-refractivity contribution in [1.29, 1.82) is 0 Å². The standard InChI is InChI=1S/C9H15F3N2O4S/c1-5(7(3)18-9(10,11)12)14-4-8(6(2)15)19(13,16)17/h4-5,7,14H,1-3H3,(H2,13,16,17)/t5-,7?/m1/s1. The van der Waals surface area contributed by atoms with Gasteiger partial charge >= 0.3 is 6.36 Å². The fourth-order valence-electron chi connectivity index (χ4n) is 1.04. The van der Waals surface area contributed by atoms with Crippen LogP contribution in [0.2, 0.25) is 0 Å². The van der Waals surface area contributed by atoms with Crippen molar-refractivity contribution in [2.45, 2.75) is 39.3 Å². The Morgan fingerprint density at radius 1 is 1.37 bits per heavy atom. The minimum absolute atomic E-state index is 0.724. The van der Waals surface area contributed by atoms with Gasteiger partial charge in [0, 0.05) is 12.2 Å². The Morgan fingerprint density at radius 3 is 2.16 bits per heavy atom. The summed E-state index contributed by atoms with van der Waals surface area (Å²) in [6, 6.07) is -0.891. The maximum Gasteiger partial charge on any atom is 0.522 e. The van der Waals surface area contributed by atoms with Crippen LogP contribution in [0.3, 0.4) is 0 Å². The minimum atomic E-state index is -4.80. The zero-order valence-corrected chi connectivity index (χ0v) is 11.3. The number of nitrogens with two attached hydrogens (primary N) is 1. The Balaban J connectivity index is 4.82. The lowest BCUT2D eigenvalue weighted by Gasteiger charge is -2.22. The SMILES string of the molecule is CC(=O)C(=CN[C@H](C)C(C)OC(F)(F)F)S(N)(=O)=O. The summed E-state index contributed by atoms with van der Waals surface area (Å²) in [7, 11) is -4.23. The molecule has 0 saturated carbocycles. The molecule has 0 fully saturated rings. The summed E-state index contributed by atoms with van der Waals surface area (Å²) in [6.07, 6.45) is -5.33. The molecule has 0 aliphatic carbocycles. The highest BCUT2D eigenvalue weighted by molar-refractivity contribution is 7.94.